The van der Waals surface area contributed by atoms with Crippen molar-refractivity contribution in [1.29, 1.82) is 0 Å². The topological polar surface area (TPSA) is 79.7 Å². The Bertz CT molecular complexity index is 1150. The molecule has 1 atom stereocenters. The van der Waals surface area contributed by atoms with Crippen LogP contribution < -0.4 is 4.74 Å². The van der Waals surface area contributed by atoms with Gasteiger partial charge >= 0.3 is 0 Å². The molecule has 1 aromatic heterocycles. The number of benzene rings is 2. The summed E-state index contributed by atoms with van der Waals surface area (Å²) < 4.78 is 5.34. The van der Waals surface area contributed by atoms with Gasteiger partial charge in [0.25, 0.3) is 11.7 Å². The minimum atomic E-state index is -0.753. The molecular weight excluding hydrogens is 392 g/mol. The van der Waals surface area contributed by atoms with Gasteiger partial charge in [0.05, 0.1) is 18.7 Å². The number of carbonyl (C=O) groups is 2. The Labute approximate surface area is 180 Å². The van der Waals surface area contributed by atoms with E-state index in [1.807, 2.05) is 31.2 Å². The molecule has 1 aliphatic rings. The Hall–Kier alpha value is -3.93. The third-order valence-corrected chi connectivity index (χ3v) is 5.35. The largest absolute Gasteiger partial charge is 0.507 e. The van der Waals surface area contributed by atoms with Gasteiger partial charge in [0.2, 0.25) is 0 Å². The molecule has 3 aromatic rings. The SMILES string of the molecule is COc1cccc(C2C(=C(O)c3ccc(C)cc3)C(=O)C(=O)N2Cc2cccnc2)c1. The zero-order valence-corrected chi connectivity index (χ0v) is 17.3. The molecule has 1 fully saturated rings. The van der Waals surface area contributed by atoms with Gasteiger partial charge in [0.1, 0.15) is 11.5 Å². The van der Waals surface area contributed by atoms with E-state index < -0.39 is 17.7 Å². The number of Topliss-reactive ketones (excluding diaryl/α,β-unsaturated/α-hetero) is 1. The Morgan fingerprint density at radius 2 is 1.87 bits per heavy atom. The molecular formula is C25H22N2O4. The van der Waals surface area contributed by atoms with Crippen LogP contribution >= 0.6 is 0 Å². The van der Waals surface area contributed by atoms with Crippen LogP contribution in [0.1, 0.15) is 28.3 Å². The van der Waals surface area contributed by atoms with Gasteiger partial charge < -0.3 is 14.7 Å². The molecule has 0 aliphatic carbocycles. The van der Waals surface area contributed by atoms with E-state index in [4.69, 9.17) is 4.74 Å². The Kier molecular flexibility index (Phi) is 5.54. The highest BCUT2D eigenvalue weighted by atomic mass is 16.5. The van der Waals surface area contributed by atoms with E-state index in [0.29, 0.717) is 16.9 Å². The lowest BCUT2D eigenvalue weighted by atomic mass is 9.95. The molecule has 1 unspecified atom stereocenters. The summed E-state index contributed by atoms with van der Waals surface area (Å²) in [6, 6.07) is 17.2. The number of ether oxygens (including phenoxy) is 1. The second-order valence-electron chi connectivity index (χ2n) is 7.43. The molecule has 1 N–H and O–H groups in total. The molecule has 6 nitrogen and oxygen atoms in total. The lowest BCUT2D eigenvalue weighted by Gasteiger charge is -2.25. The first-order chi connectivity index (χ1) is 15.0. The summed E-state index contributed by atoms with van der Waals surface area (Å²) in [4.78, 5) is 31.7. The molecule has 0 radical (unpaired) electrons. The van der Waals surface area contributed by atoms with Crippen LogP contribution in [0.4, 0.5) is 0 Å². The highest BCUT2D eigenvalue weighted by Gasteiger charge is 2.46. The maximum atomic E-state index is 13.1. The molecule has 4 rings (SSSR count). The molecule has 1 saturated heterocycles. The lowest BCUT2D eigenvalue weighted by Crippen LogP contribution is -2.29. The molecule has 0 saturated carbocycles. The average molecular weight is 414 g/mol. The number of ketones is 1. The van der Waals surface area contributed by atoms with Crippen LogP contribution in [0, 0.1) is 6.92 Å². The van der Waals surface area contributed by atoms with Crippen molar-refractivity contribution in [3.63, 3.8) is 0 Å². The number of aliphatic hydroxyl groups is 1. The number of hydrogen-bond donors (Lipinski definition) is 1. The molecule has 6 heteroatoms. The number of methoxy groups -OCH3 is 1. The normalized spacial score (nSPS) is 17.7. The zero-order valence-electron chi connectivity index (χ0n) is 17.3. The number of amides is 1. The number of hydrogen-bond acceptors (Lipinski definition) is 5. The minimum Gasteiger partial charge on any atom is -0.507 e. The number of aliphatic hydroxyl groups excluding tert-OH is 1. The fourth-order valence-corrected chi connectivity index (χ4v) is 3.76. The van der Waals surface area contributed by atoms with E-state index in [1.165, 1.54) is 4.90 Å². The molecule has 2 heterocycles. The van der Waals surface area contributed by atoms with Crippen LogP contribution in [0.3, 0.4) is 0 Å². The van der Waals surface area contributed by atoms with Crippen LogP contribution in [-0.4, -0.2) is 33.8 Å². The standard InChI is InChI=1S/C25H22N2O4/c1-16-8-10-18(11-9-16)23(28)21-22(19-6-3-7-20(13-19)31-2)27(25(30)24(21)29)15-17-5-4-12-26-14-17/h3-14,22,28H,15H2,1-2H3. The van der Waals surface area contributed by atoms with E-state index >= 15 is 0 Å². The van der Waals surface area contributed by atoms with Crippen molar-refractivity contribution < 1.29 is 19.4 Å². The summed E-state index contributed by atoms with van der Waals surface area (Å²) in [5.41, 5.74) is 3.03. The molecule has 31 heavy (non-hydrogen) atoms. The minimum absolute atomic E-state index is 0.0611. The Balaban J connectivity index is 1.87. The number of nitrogens with zero attached hydrogens (tertiary/aromatic N) is 2. The number of likely N-dealkylation sites (tertiary alicyclic amines) is 1. The first-order valence-electron chi connectivity index (χ1n) is 9.88. The number of pyridine rings is 1. The van der Waals surface area contributed by atoms with Gasteiger partial charge in [-0.1, -0.05) is 48.0 Å². The number of carbonyl (C=O) groups excluding carboxylic acids is 2. The van der Waals surface area contributed by atoms with Crippen LogP contribution in [0.2, 0.25) is 0 Å². The van der Waals surface area contributed by atoms with E-state index in [-0.39, 0.29) is 17.9 Å². The van der Waals surface area contributed by atoms with Crippen LogP contribution in [0.15, 0.2) is 78.6 Å². The second kappa shape index (κ2) is 8.44. The number of rotatable bonds is 5. The monoisotopic (exact) mass is 414 g/mol. The first-order valence-corrected chi connectivity index (χ1v) is 9.88. The van der Waals surface area contributed by atoms with E-state index in [9.17, 15) is 14.7 Å². The average Bonchev–Trinajstić information content (AvgIpc) is 3.05. The number of aryl methyl sites for hydroxylation is 1. The zero-order chi connectivity index (χ0) is 22.0. The van der Waals surface area contributed by atoms with Gasteiger partial charge in [-0.3, -0.25) is 14.6 Å². The van der Waals surface area contributed by atoms with Crippen molar-refractivity contribution in [2.24, 2.45) is 0 Å². The van der Waals surface area contributed by atoms with Crippen LogP contribution in [0.5, 0.6) is 5.75 Å². The van der Waals surface area contributed by atoms with Gasteiger partial charge in [0, 0.05) is 24.5 Å². The van der Waals surface area contributed by atoms with Crippen molar-refractivity contribution in [2.75, 3.05) is 7.11 Å². The fourth-order valence-electron chi connectivity index (χ4n) is 3.76. The van der Waals surface area contributed by atoms with Crippen molar-refractivity contribution >= 4 is 17.4 Å². The van der Waals surface area contributed by atoms with Gasteiger partial charge in [-0.15, -0.1) is 0 Å². The van der Waals surface area contributed by atoms with Crippen molar-refractivity contribution in [2.45, 2.75) is 19.5 Å². The van der Waals surface area contributed by atoms with Crippen molar-refractivity contribution in [3.8, 4) is 5.75 Å². The number of aromatic nitrogens is 1. The van der Waals surface area contributed by atoms with Gasteiger partial charge in [0.15, 0.2) is 0 Å². The van der Waals surface area contributed by atoms with Gasteiger partial charge in [-0.25, -0.2) is 0 Å². The van der Waals surface area contributed by atoms with Crippen LogP contribution in [0.25, 0.3) is 5.76 Å². The molecule has 2 aromatic carbocycles. The molecule has 156 valence electrons. The van der Waals surface area contributed by atoms with Gasteiger partial charge in [-0.2, -0.15) is 0 Å². The highest BCUT2D eigenvalue weighted by Crippen LogP contribution is 2.41. The maximum absolute atomic E-state index is 13.1. The quantitative estimate of drug-likeness (QED) is 0.388. The van der Waals surface area contributed by atoms with Crippen molar-refractivity contribution in [3.05, 3.63) is 101 Å². The fraction of sp³-hybridized carbons (Fsp3) is 0.160. The third-order valence-electron chi connectivity index (χ3n) is 5.35. The first kappa shape index (κ1) is 20.3. The van der Waals surface area contributed by atoms with E-state index in [0.717, 1.165) is 11.1 Å². The van der Waals surface area contributed by atoms with E-state index in [1.54, 1.807) is 55.9 Å². The molecule has 1 amide bonds. The molecule has 0 bridgehead atoms. The lowest BCUT2D eigenvalue weighted by molar-refractivity contribution is -0.140. The molecule has 1 aliphatic heterocycles. The summed E-state index contributed by atoms with van der Waals surface area (Å²) in [5.74, 6) is -0.972. The summed E-state index contributed by atoms with van der Waals surface area (Å²) in [6.45, 7) is 2.12. The van der Waals surface area contributed by atoms with Gasteiger partial charge in [-0.05, 0) is 36.2 Å². The second-order valence-corrected chi connectivity index (χ2v) is 7.43. The summed E-state index contributed by atoms with van der Waals surface area (Å²) in [5, 5.41) is 11.1. The highest BCUT2D eigenvalue weighted by molar-refractivity contribution is 6.46. The Morgan fingerprint density at radius 1 is 1.10 bits per heavy atom. The van der Waals surface area contributed by atoms with E-state index in [2.05, 4.69) is 4.98 Å². The summed E-state index contributed by atoms with van der Waals surface area (Å²) in [6.07, 6.45) is 3.30. The van der Waals surface area contributed by atoms with Crippen molar-refractivity contribution in [1.82, 2.24) is 9.88 Å². The third kappa shape index (κ3) is 3.92. The van der Waals surface area contributed by atoms with Crippen LogP contribution in [-0.2, 0) is 16.1 Å². The predicted octanol–water partition coefficient (Wildman–Crippen LogP) is 4.02. The maximum Gasteiger partial charge on any atom is 0.295 e. The Morgan fingerprint density at radius 3 is 2.55 bits per heavy atom. The smallest absolute Gasteiger partial charge is 0.295 e. The summed E-state index contributed by atoms with van der Waals surface area (Å²) >= 11 is 0. The molecule has 0 spiro atoms. The predicted molar refractivity (Wildman–Crippen MR) is 116 cm³/mol. The summed E-state index contributed by atoms with van der Waals surface area (Å²) in [7, 11) is 1.55.